The number of carbonyl (C=O) groups excluding carboxylic acids is 2. The number of amides is 2. The number of aromatic amines is 1. The van der Waals surface area contributed by atoms with Crippen molar-refractivity contribution in [1.82, 2.24) is 20.8 Å². The highest BCUT2D eigenvalue weighted by Crippen LogP contribution is 2.18. The average Bonchev–Trinajstić information content (AvgIpc) is 3.07. The van der Waals surface area contributed by atoms with Gasteiger partial charge in [0.05, 0.1) is 16.8 Å². The van der Waals surface area contributed by atoms with Crippen molar-refractivity contribution < 1.29 is 14.3 Å². The fourth-order valence-electron chi connectivity index (χ4n) is 2.01. The fourth-order valence-corrected chi connectivity index (χ4v) is 2.69. The molecule has 25 heavy (non-hydrogen) atoms. The molecule has 2 aromatic carbocycles. The van der Waals surface area contributed by atoms with Crippen LogP contribution in [0.4, 0.5) is 0 Å². The van der Waals surface area contributed by atoms with Crippen LogP contribution in [0.2, 0.25) is 0 Å². The smallest absolute Gasteiger partial charge is 0.276 e. The number of rotatable bonds is 6. The third-order valence-corrected chi connectivity index (χ3v) is 4.04. The van der Waals surface area contributed by atoms with Crippen molar-refractivity contribution in [2.24, 2.45) is 0 Å². The van der Waals surface area contributed by atoms with Gasteiger partial charge in [-0.15, -0.1) is 0 Å². The van der Waals surface area contributed by atoms with E-state index in [0.29, 0.717) is 10.9 Å². The Morgan fingerprint density at radius 1 is 1.00 bits per heavy atom. The van der Waals surface area contributed by atoms with Crippen LogP contribution in [0.15, 0.2) is 59.8 Å². The van der Waals surface area contributed by atoms with Crippen molar-refractivity contribution in [2.75, 3.05) is 12.4 Å². The molecule has 7 nitrogen and oxygen atoms in total. The zero-order chi connectivity index (χ0) is 17.5. The second kappa shape index (κ2) is 8.20. The molecule has 0 bridgehead atoms. The van der Waals surface area contributed by atoms with Crippen LogP contribution in [0.25, 0.3) is 11.0 Å². The lowest BCUT2D eigenvalue weighted by molar-refractivity contribution is -0.128. The van der Waals surface area contributed by atoms with E-state index in [1.54, 1.807) is 12.1 Å². The molecule has 0 aliphatic rings. The normalized spacial score (nSPS) is 10.4. The lowest BCUT2D eigenvalue weighted by atomic mass is 10.3. The first-order chi connectivity index (χ1) is 12.2. The van der Waals surface area contributed by atoms with Gasteiger partial charge in [-0.2, -0.15) is 0 Å². The van der Waals surface area contributed by atoms with E-state index in [-0.39, 0.29) is 18.3 Å². The van der Waals surface area contributed by atoms with Crippen LogP contribution in [-0.2, 0) is 9.59 Å². The summed E-state index contributed by atoms with van der Waals surface area (Å²) in [6, 6.07) is 16.6. The lowest BCUT2D eigenvalue weighted by Gasteiger charge is -2.08. The van der Waals surface area contributed by atoms with Crippen molar-refractivity contribution in [3.63, 3.8) is 0 Å². The van der Waals surface area contributed by atoms with Gasteiger partial charge in [-0.25, -0.2) is 4.98 Å². The average molecular weight is 356 g/mol. The number of thioether (sulfide) groups is 1. The summed E-state index contributed by atoms with van der Waals surface area (Å²) in [5, 5.41) is 0.648. The van der Waals surface area contributed by atoms with E-state index in [1.807, 2.05) is 42.5 Å². The van der Waals surface area contributed by atoms with Crippen LogP contribution >= 0.6 is 11.8 Å². The number of benzene rings is 2. The standard InChI is InChI=1S/C17H16N4O3S/c22-15(10-24-12-6-2-1-3-7-12)20-21-16(23)11-25-17-18-13-8-4-5-9-14(13)19-17/h1-9H,10-11H2,(H,18,19)(H,20,22)(H,21,23). The first-order valence-corrected chi connectivity index (χ1v) is 8.52. The van der Waals surface area contributed by atoms with E-state index < -0.39 is 5.91 Å². The zero-order valence-corrected chi connectivity index (χ0v) is 14.0. The van der Waals surface area contributed by atoms with E-state index >= 15 is 0 Å². The summed E-state index contributed by atoms with van der Waals surface area (Å²) in [6.07, 6.45) is 0. The number of nitrogens with one attached hydrogen (secondary N) is 3. The van der Waals surface area contributed by atoms with E-state index in [9.17, 15) is 9.59 Å². The minimum atomic E-state index is -0.439. The molecule has 128 valence electrons. The molecular formula is C17H16N4O3S. The van der Waals surface area contributed by atoms with Gasteiger partial charge in [0.2, 0.25) is 5.91 Å². The Balaban J connectivity index is 1.38. The van der Waals surface area contributed by atoms with Crippen LogP contribution in [0.3, 0.4) is 0 Å². The van der Waals surface area contributed by atoms with Crippen molar-refractivity contribution in [1.29, 1.82) is 0 Å². The molecule has 0 saturated heterocycles. The van der Waals surface area contributed by atoms with Gasteiger partial charge in [-0.3, -0.25) is 20.4 Å². The minimum absolute atomic E-state index is 0.125. The lowest BCUT2D eigenvalue weighted by Crippen LogP contribution is -2.44. The Labute approximate surface area is 148 Å². The number of hydrogen-bond donors (Lipinski definition) is 3. The van der Waals surface area contributed by atoms with Gasteiger partial charge in [0.15, 0.2) is 11.8 Å². The molecule has 1 aromatic heterocycles. The van der Waals surface area contributed by atoms with Crippen molar-refractivity contribution in [3.8, 4) is 5.75 Å². The van der Waals surface area contributed by atoms with Gasteiger partial charge in [0.1, 0.15) is 5.75 Å². The number of hydrazine groups is 1. The highest BCUT2D eigenvalue weighted by molar-refractivity contribution is 7.99. The molecule has 0 fully saturated rings. The molecule has 0 spiro atoms. The monoisotopic (exact) mass is 356 g/mol. The topological polar surface area (TPSA) is 96.1 Å². The Morgan fingerprint density at radius 3 is 2.52 bits per heavy atom. The number of fused-ring (bicyclic) bond motifs is 1. The molecule has 3 aromatic rings. The number of ether oxygens (including phenoxy) is 1. The molecule has 0 aliphatic heterocycles. The zero-order valence-electron chi connectivity index (χ0n) is 13.2. The Bertz CT molecular complexity index is 833. The highest BCUT2D eigenvalue weighted by Gasteiger charge is 2.08. The van der Waals surface area contributed by atoms with Crippen LogP contribution in [0.1, 0.15) is 0 Å². The maximum absolute atomic E-state index is 11.8. The Kier molecular flexibility index (Phi) is 5.53. The molecule has 3 N–H and O–H groups in total. The molecule has 8 heteroatoms. The number of H-pyrrole nitrogens is 1. The van der Waals surface area contributed by atoms with Gasteiger partial charge < -0.3 is 9.72 Å². The molecule has 0 atom stereocenters. The number of carbonyl (C=O) groups is 2. The van der Waals surface area contributed by atoms with Crippen LogP contribution in [0, 0.1) is 0 Å². The number of para-hydroxylation sites is 3. The molecule has 0 aliphatic carbocycles. The summed E-state index contributed by atoms with van der Waals surface area (Å²) in [5.74, 6) is -0.0616. The third kappa shape index (κ3) is 4.98. The van der Waals surface area contributed by atoms with Crippen LogP contribution in [-0.4, -0.2) is 34.1 Å². The molecule has 3 rings (SSSR count). The number of hydrogen-bond acceptors (Lipinski definition) is 5. The molecule has 0 saturated carbocycles. The Morgan fingerprint density at radius 2 is 1.72 bits per heavy atom. The fraction of sp³-hybridized carbons (Fsp3) is 0.118. The molecule has 2 amide bonds. The van der Waals surface area contributed by atoms with Crippen molar-refractivity contribution in [2.45, 2.75) is 5.16 Å². The Hall–Kier alpha value is -3.00. The largest absolute Gasteiger partial charge is 0.484 e. The maximum atomic E-state index is 11.8. The number of nitrogens with zero attached hydrogens (tertiary/aromatic N) is 1. The van der Waals surface area contributed by atoms with Gasteiger partial charge in [-0.1, -0.05) is 42.1 Å². The van der Waals surface area contributed by atoms with Crippen LogP contribution < -0.4 is 15.6 Å². The van der Waals surface area contributed by atoms with Gasteiger partial charge in [-0.05, 0) is 24.3 Å². The van der Waals surface area contributed by atoms with Gasteiger partial charge in [0.25, 0.3) is 5.91 Å². The number of imidazole rings is 1. The van der Waals surface area contributed by atoms with E-state index in [0.717, 1.165) is 11.0 Å². The summed E-state index contributed by atoms with van der Waals surface area (Å²) < 4.78 is 5.28. The summed E-state index contributed by atoms with van der Waals surface area (Å²) >= 11 is 1.25. The van der Waals surface area contributed by atoms with E-state index in [2.05, 4.69) is 20.8 Å². The predicted molar refractivity (Wildman–Crippen MR) is 95.0 cm³/mol. The summed E-state index contributed by atoms with van der Waals surface area (Å²) in [6.45, 7) is -0.180. The summed E-state index contributed by atoms with van der Waals surface area (Å²) in [4.78, 5) is 30.9. The second-order valence-corrected chi connectivity index (χ2v) is 6.01. The number of aromatic nitrogens is 2. The minimum Gasteiger partial charge on any atom is -0.484 e. The first-order valence-electron chi connectivity index (χ1n) is 7.54. The van der Waals surface area contributed by atoms with Crippen molar-refractivity contribution in [3.05, 3.63) is 54.6 Å². The SMILES string of the molecule is O=C(COc1ccccc1)NNC(=O)CSc1nc2ccccc2[nH]1. The first kappa shape index (κ1) is 16.8. The quantitative estimate of drug-likeness (QED) is 0.463. The predicted octanol–water partition coefficient (Wildman–Crippen LogP) is 1.88. The molecular weight excluding hydrogens is 340 g/mol. The maximum Gasteiger partial charge on any atom is 0.276 e. The van der Waals surface area contributed by atoms with E-state index in [1.165, 1.54) is 11.8 Å². The van der Waals surface area contributed by atoms with Gasteiger partial charge >= 0.3 is 0 Å². The summed E-state index contributed by atoms with van der Waals surface area (Å²) in [5.41, 5.74) is 6.41. The summed E-state index contributed by atoms with van der Waals surface area (Å²) in [7, 11) is 0. The van der Waals surface area contributed by atoms with Crippen LogP contribution in [0.5, 0.6) is 5.75 Å². The van der Waals surface area contributed by atoms with Crippen molar-refractivity contribution >= 4 is 34.6 Å². The third-order valence-electron chi connectivity index (χ3n) is 3.16. The second-order valence-electron chi connectivity index (χ2n) is 5.05. The molecule has 1 heterocycles. The van der Waals surface area contributed by atoms with E-state index in [4.69, 9.17) is 4.74 Å². The van der Waals surface area contributed by atoms with Gasteiger partial charge in [0, 0.05) is 0 Å². The molecule has 0 unspecified atom stereocenters. The highest BCUT2D eigenvalue weighted by atomic mass is 32.2. The molecule has 0 radical (unpaired) electrons.